The van der Waals surface area contributed by atoms with Crippen LogP contribution in [0.25, 0.3) is 10.3 Å². The summed E-state index contributed by atoms with van der Waals surface area (Å²) in [6.07, 6.45) is 1.96. The van der Waals surface area contributed by atoms with Crippen LogP contribution in [0.2, 0.25) is 0 Å². The van der Waals surface area contributed by atoms with E-state index in [1.54, 1.807) is 4.57 Å². The quantitative estimate of drug-likeness (QED) is 0.595. The van der Waals surface area contributed by atoms with Gasteiger partial charge in [-0.3, -0.25) is 14.2 Å². The van der Waals surface area contributed by atoms with Crippen molar-refractivity contribution in [1.29, 1.82) is 0 Å². The van der Waals surface area contributed by atoms with Crippen molar-refractivity contribution in [2.45, 2.75) is 45.3 Å². The first-order valence-electron chi connectivity index (χ1n) is 10.2. The fourth-order valence-corrected chi connectivity index (χ4v) is 4.88. The Balaban J connectivity index is 1.58. The number of benzene rings is 1. The number of amides is 1. The Hall–Kier alpha value is -2.78. The predicted molar refractivity (Wildman–Crippen MR) is 117 cm³/mol. The van der Waals surface area contributed by atoms with Gasteiger partial charge in [0.15, 0.2) is 15.5 Å². The number of carbonyl (C=O) groups is 1. The summed E-state index contributed by atoms with van der Waals surface area (Å²) in [6, 6.07) is 9.50. The lowest BCUT2D eigenvalue weighted by Gasteiger charge is -2.23. The molecule has 1 amide bonds. The predicted octanol–water partition coefficient (Wildman–Crippen LogP) is 1.69. The first-order chi connectivity index (χ1) is 14.6. The van der Waals surface area contributed by atoms with Crippen LogP contribution in [0.5, 0.6) is 0 Å². The molecule has 0 saturated carbocycles. The lowest BCUT2D eigenvalue weighted by molar-refractivity contribution is -0.122. The Morgan fingerprint density at radius 1 is 1.30 bits per heavy atom. The summed E-state index contributed by atoms with van der Waals surface area (Å²) in [5.74, 6) is 0.529. The third kappa shape index (κ3) is 3.95. The normalized spacial score (nSPS) is 16.3. The van der Waals surface area contributed by atoms with Crippen molar-refractivity contribution in [2.24, 2.45) is 0 Å². The minimum atomic E-state index is -0.306. The van der Waals surface area contributed by atoms with Crippen LogP contribution in [0.1, 0.15) is 31.2 Å². The highest BCUT2D eigenvalue weighted by atomic mass is 32.1. The van der Waals surface area contributed by atoms with Crippen LogP contribution in [0.4, 0.5) is 5.13 Å². The molecule has 158 valence electrons. The van der Waals surface area contributed by atoms with Gasteiger partial charge in [0.1, 0.15) is 11.9 Å². The monoisotopic (exact) mass is 427 g/mol. The molecule has 0 radical (unpaired) electrons. The van der Waals surface area contributed by atoms with Crippen LogP contribution >= 0.6 is 11.3 Å². The summed E-state index contributed by atoms with van der Waals surface area (Å²) in [5.41, 5.74) is 1.18. The van der Waals surface area contributed by atoms with E-state index >= 15 is 0 Å². The van der Waals surface area contributed by atoms with Crippen molar-refractivity contribution in [3.63, 3.8) is 0 Å². The third-order valence-electron chi connectivity index (χ3n) is 5.35. The van der Waals surface area contributed by atoms with Gasteiger partial charge in [-0.05, 0) is 25.3 Å². The smallest absolute Gasteiger partial charge is 0.281 e. The summed E-state index contributed by atoms with van der Waals surface area (Å²) in [5, 5.41) is 13.0. The molecule has 0 spiro atoms. The number of nitrogens with one attached hydrogen (secondary N) is 1. The van der Waals surface area contributed by atoms with E-state index < -0.39 is 0 Å². The van der Waals surface area contributed by atoms with Gasteiger partial charge in [0.25, 0.3) is 5.56 Å². The number of fused-ring (bicyclic) bond motifs is 1. The highest BCUT2D eigenvalue weighted by molar-refractivity contribution is 7.21. The van der Waals surface area contributed by atoms with Crippen LogP contribution in [-0.4, -0.2) is 44.7 Å². The molecule has 9 heteroatoms. The van der Waals surface area contributed by atoms with E-state index in [9.17, 15) is 14.7 Å². The molecule has 1 saturated heterocycles. The van der Waals surface area contributed by atoms with E-state index in [1.807, 2.05) is 42.2 Å². The Morgan fingerprint density at radius 2 is 2.10 bits per heavy atom. The number of rotatable bonds is 7. The minimum absolute atomic E-state index is 0.0319. The van der Waals surface area contributed by atoms with Crippen molar-refractivity contribution >= 4 is 32.7 Å². The second-order valence-corrected chi connectivity index (χ2v) is 8.21. The molecule has 1 fully saturated rings. The maximum atomic E-state index is 12.8. The molecular formula is C21H25N5O3S. The number of aliphatic hydroxyl groups is 1. The summed E-state index contributed by atoms with van der Waals surface area (Å²) in [7, 11) is 0. The summed E-state index contributed by atoms with van der Waals surface area (Å²) in [6.45, 7) is 3.47. The molecule has 30 heavy (non-hydrogen) atoms. The van der Waals surface area contributed by atoms with E-state index in [0.29, 0.717) is 47.4 Å². The zero-order valence-electron chi connectivity index (χ0n) is 16.9. The van der Waals surface area contributed by atoms with Gasteiger partial charge in [0, 0.05) is 26.1 Å². The second kappa shape index (κ2) is 8.93. The Kier molecular flexibility index (Phi) is 6.10. The van der Waals surface area contributed by atoms with Crippen LogP contribution in [0.3, 0.4) is 0 Å². The van der Waals surface area contributed by atoms with E-state index in [1.165, 1.54) is 11.3 Å². The molecule has 2 N–H and O–H groups in total. The highest BCUT2D eigenvalue weighted by Crippen LogP contribution is 2.31. The van der Waals surface area contributed by atoms with Gasteiger partial charge >= 0.3 is 0 Å². The van der Waals surface area contributed by atoms with Gasteiger partial charge in [0.05, 0.1) is 6.61 Å². The van der Waals surface area contributed by atoms with E-state index in [2.05, 4.69) is 15.3 Å². The average molecular weight is 428 g/mol. The lowest BCUT2D eigenvalue weighted by Crippen LogP contribution is -2.43. The molecule has 1 aliphatic rings. The molecule has 1 atom stereocenters. The Labute approximate surface area is 178 Å². The summed E-state index contributed by atoms with van der Waals surface area (Å²) in [4.78, 5) is 37.3. The van der Waals surface area contributed by atoms with Gasteiger partial charge in [-0.25, -0.2) is 9.97 Å². The Morgan fingerprint density at radius 3 is 2.83 bits per heavy atom. The fourth-order valence-electron chi connectivity index (χ4n) is 3.85. The lowest BCUT2D eigenvalue weighted by atomic mass is 10.2. The SMILES string of the molecule is CCn1c(CCO)nc2sc(N3CCCC3C(=O)NCc3ccccc3)nc2c1=O. The molecule has 3 heterocycles. The zero-order chi connectivity index (χ0) is 21.1. The number of thiazole rings is 1. The van der Waals surface area contributed by atoms with E-state index in [4.69, 9.17) is 0 Å². The maximum absolute atomic E-state index is 12.8. The van der Waals surface area contributed by atoms with Gasteiger partial charge in [-0.2, -0.15) is 0 Å². The number of hydrogen-bond acceptors (Lipinski definition) is 7. The number of aliphatic hydroxyl groups excluding tert-OH is 1. The van der Waals surface area contributed by atoms with Gasteiger partial charge in [-0.1, -0.05) is 41.7 Å². The van der Waals surface area contributed by atoms with Gasteiger partial charge in [-0.15, -0.1) is 0 Å². The highest BCUT2D eigenvalue weighted by Gasteiger charge is 2.33. The van der Waals surface area contributed by atoms with Gasteiger partial charge in [0.2, 0.25) is 5.91 Å². The first-order valence-corrected chi connectivity index (χ1v) is 11.0. The van der Waals surface area contributed by atoms with E-state index in [-0.39, 0.29) is 24.1 Å². The molecule has 3 aromatic rings. The third-order valence-corrected chi connectivity index (χ3v) is 6.34. The van der Waals surface area contributed by atoms with Crippen molar-refractivity contribution < 1.29 is 9.90 Å². The number of nitrogens with zero attached hydrogens (tertiary/aromatic N) is 4. The summed E-state index contributed by atoms with van der Waals surface area (Å²) < 4.78 is 1.55. The van der Waals surface area contributed by atoms with Crippen LogP contribution in [-0.2, 0) is 24.3 Å². The molecule has 4 rings (SSSR count). The second-order valence-electron chi connectivity index (χ2n) is 7.26. The molecule has 1 unspecified atom stereocenters. The molecule has 1 aliphatic heterocycles. The molecular weight excluding hydrogens is 402 g/mol. The van der Waals surface area contributed by atoms with Crippen LogP contribution < -0.4 is 15.8 Å². The van der Waals surface area contributed by atoms with Crippen LogP contribution in [0.15, 0.2) is 35.1 Å². The van der Waals surface area contributed by atoms with Crippen molar-refractivity contribution in [1.82, 2.24) is 19.9 Å². The first kappa shape index (κ1) is 20.5. The standard InChI is InChI=1S/C21H25N5O3S/c1-2-25-16(10-12-27)23-19-17(20(25)29)24-21(30-19)26-11-6-9-15(26)18(28)22-13-14-7-4-3-5-8-14/h3-5,7-8,15,27H,2,6,9-13H2,1H3,(H,22,28). The van der Waals surface area contributed by atoms with Crippen molar-refractivity contribution in [2.75, 3.05) is 18.1 Å². The number of hydrogen-bond donors (Lipinski definition) is 2. The number of anilines is 1. The van der Waals surface area contributed by atoms with Crippen molar-refractivity contribution in [3.05, 3.63) is 52.1 Å². The average Bonchev–Trinajstić information content (AvgIpc) is 3.40. The molecule has 2 aromatic heterocycles. The van der Waals surface area contributed by atoms with Crippen molar-refractivity contribution in [3.8, 4) is 0 Å². The summed E-state index contributed by atoms with van der Waals surface area (Å²) >= 11 is 1.33. The minimum Gasteiger partial charge on any atom is -0.396 e. The number of aromatic nitrogens is 3. The molecule has 0 aliphatic carbocycles. The fraction of sp³-hybridized carbons (Fsp3) is 0.429. The topological polar surface area (TPSA) is 100 Å². The maximum Gasteiger partial charge on any atom is 0.281 e. The molecule has 8 nitrogen and oxygen atoms in total. The largest absolute Gasteiger partial charge is 0.396 e. The van der Waals surface area contributed by atoms with E-state index in [0.717, 1.165) is 18.4 Å². The number of carbonyl (C=O) groups excluding carboxylic acids is 1. The zero-order valence-corrected chi connectivity index (χ0v) is 17.7. The molecule has 0 bridgehead atoms. The Bertz CT molecular complexity index is 1100. The van der Waals surface area contributed by atoms with Gasteiger partial charge < -0.3 is 15.3 Å². The molecule has 1 aromatic carbocycles. The van der Waals surface area contributed by atoms with Crippen LogP contribution in [0, 0.1) is 0 Å².